The molecule has 0 saturated heterocycles. The monoisotopic (exact) mass is 132 g/mol. The van der Waals surface area contributed by atoms with Crippen molar-refractivity contribution < 1.29 is 0 Å². The number of rotatable bonds is 0. The molecule has 0 spiro atoms. The Labute approximate surface area is 60.3 Å². The molecule has 2 nitrogen and oxygen atoms in total. The van der Waals surface area contributed by atoms with Gasteiger partial charge >= 0.3 is 0 Å². The number of hydrogen-bond acceptors (Lipinski definition) is 2. The van der Waals surface area contributed by atoms with Crippen LogP contribution in [0.2, 0.25) is 0 Å². The van der Waals surface area contributed by atoms with E-state index in [9.17, 15) is 0 Å². The summed E-state index contributed by atoms with van der Waals surface area (Å²) in [6.07, 6.45) is 3.37. The zero-order valence-electron chi connectivity index (χ0n) is 6.05. The molecular formula is C8H8N2. The van der Waals surface area contributed by atoms with Gasteiger partial charge in [0, 0.05) is 6.20 Å². The first-order valence-corrected chi connectivity index (χ1v) is 3.04. The standard InChI is InChI=1S/C8H8N2/c1-3-4-8-6-9-5-7(2)10-8/h5-6H,1-2H3. The predicted octanol–water partition coefficient (Wildman–Crippen LogP) is 1.16. The van der Waals surface area contributed by atoms with Crippen molar-refractivity contribution in [2.24, 2.45) is 0 Å². The summed E-state index contributed by atoms with van der Waals surface area (Å²) in [7, 11) is 0. The van der Waals surface area contributed by atoms with Crippen LogP contribution in [0.3, 0.4) is 0 Å². The molecule has 0 radical (unpaired) electrons. The fraction of sp³-hybridized carbons (Fsp3) is 0.250. The Morgan fingerprint density at radius 2 is 2.20 bits per heavy atom. The molecule has 50 valence electrons. The maximum atomic E-state index is 4.13. The molecule has 0 aromatic carbocycles. The first-order valence-electron chi connectivity index (χ1n) is 3.04. The molecule has 0 aliphatic heterocycles. The van der Waals surface area contributed by atoms with Gasteiger partial charge in [-0.3, -0.25) is 4.98 Å². The molecule has 0 aliphatic rings. The van der Waals surface area contributed by atoms with E-state index in [-0.39, 0.29) is 0 Å². The van der Waals surface area contributed by atoms with Crippen LogP contribution >= 0.6 is 0 Å². The van der Waals surface area contributed by atoms with Gasteiger partial charge in [-0.05, 0) is 19.8 Å². The Morgan fingerprint density at radius 1 is 1.40 bits per heavy atom. The average molecular weight is 132 g/mol. The summed E-state index contributed by atoms with van der Waals surface area (Å²) >= 11 is 0. The van der Waals surface area contributed by atoms with Gasteiger partial charge in [-0.2, -0.15) is 0 Å². The minimum Gasteiger partial charge on any atom is -0.260 e. The minimum absolute atomic E-state index is 0.738. The Kier molecular flexibility index (Phi) is 2.01. The van der Waals surface area contributed by atoms with Gasteiger partial charge < -0.3 is 0 Å². The highest BCUT2D eigenvalue weighted by molar-refractivity contribution is 5.24. The summed E-state index contributed by atoms with van der Waals surface area (Å²) < 4.78 is 0. The third-order valence-electron chi connectivity index (χ3n) is 1.01. The highest BCUT2D eigenvalue weighted by atomic mass is 14.8. The van der Waals surface area contributed by atoms with Crippen LogP contribution in [0.1, 0.15) is 18.3 Å². The van der Waals surface area contributed by atoms with E-state index in [0.717, 1.165) is 11.4 Å². The Morgan fingerprint density at radius 3 is 2.80 bits per heavy atom. The lowest BCUT2D eigenvalue weighted by Gasteiger charge is -1.89. The van der Waals surface area contributed by atoms with E-state index >= 15 is 0 Å². The number of nitrogens with zero attached hydrogens (tertiary/aromatic N) is 2. The van der Waals surface area contributed by atoms with Gasteiger partial charge in [0.2, 0.25) is 0 Å². The highest BCUT2D eigenvalue weighted by Gasteiger charge is 1.87. The van der Waals surface area contributed by atoms with Crippen molar-refractivity contribution >= 4 is 0 Å². The fourth-order valence-electron chi connectivity index (χ4n) is 0.652. The Bertz CT molecular complexity index is 281. The second-order valence-corrected chi connectivity index (χ2v) is 1.92. The van der Waals surface area contributed by atoms with Crippen molar-refractivity contribution in [2.75, 3.05) is 0 Å². The summed E-state index contributed by atoms with van der Waals surface area (Å²) in [4.78, 5) is 8.06. The fourth-order valence-corrected chi connectivity index (χ4v) is 0.652. The van der Waals surface area contributed by atoms with Crippen LogP contribution in [0.15, 0.2) is 12.4 Å². The molecule has 1 rings (SSSR count). The first kappa shape index (κ1) is 6.76. The summed E-state index contributed by atoms with van der Waals surface area (Å²) in [6.45, 7) is 3.68. The third kappa shape index (κ3) is 1.56. The zero-order valence-corrected chi connectivity index (χ0v) is 6.05. The molecule has 1 aromatic heterocycles. The van der Waals surface area contributed by atoms with Crippen molar-refractivity contribution in [3.63, 3.8) is 0 Å². The smallest absolute Gasteiger partial charge is 0.131 e. The molecule has 1 heterocycles. The van der Waals surface area contributed by atoms with Gasteiger partial charge in [0.1, 0.15) is 5.69 Å². The molecule has 0 bridgehead atoms. The molecule has 2 heteroatoms. The maximum absolute atomic E-state index is 4.13. The summed E-state index contributed by atoms with van der Waals surface area (Å²) in [6, 6.07) is 0. The van der Waals surface area contributed by atoms with Crippen molar-refractivity contribution in [1.82, 2.24) is 9.97 Å². The van der Waals surface area contributed by atoms with Crippen molar-refractivity contribution in [1.29, 1.82) is 0 Å². The van der Waals surface area contributed by atoms with Crippen LogP contribution in [0, 0.1) is 18.8 Å². The third-order valence-corrected chi connectivity index (χ3v) is 1.01. The van der Waals surface area contributed by atoms with Crippen LogP contribution in [0.5, 0.6) is 0 Å². The molecule has 0 atom stereocenters. The van der Waals surface area contributed by atoms with Crippen LogP contribution in [-0.4, -0.2) is 9.97 Å². The lowest BCUT2D eigenvalue weighted by molar-refractivity contribution is 1.10. The van der Waals surface area contributed by atoms with E-state index < -0.39 is 0 Å². The Balaban J connectivity index is 3.03. The number of aromatic nitrogens is 2. The molecule has 0 N–H and O–H groups in total. The van der Waals surface area contributed by atoms with Gasteiger partial charge in [-0.25, -0.2) is 4.98 Å². The van der Waals surface area contributed by atoms with Gasteiger partial charge in [-0.15, -0.1) is 0 Å². The largest absolute Gasteiger partial charge is 0.260 e. The minimum atomic E-state index is 0.738. The van der Waals surface area contributed by atoms with Crippen molar-refractivity contribution in [3.8, 4) is 11.8 Å². The zero-order chi connectivity index (χ0) is 7.40. The lowest BCUT2D eigenvalue weighted by atomic mass is 10.4. The number of hydrogen-bond donors (Lipinski definition) is 0. The maximum Gasteiger partial charge on any atom is 0.131 e. The normalized spacial score (nSPS) is 8.20. The van der Waals surface area contributed by atoms with Gasteiger partial charge in [0.15, 0.2) is 0 Å². The van der Waals surface area contributed by atoms with Crippen molar-refractivity contribution in [3.05, 3.63) is 23.8 Å². The van der Waals surface area contributed by atoms with Crippen LogP contribution in [0.25, 0.3) is 0 Å². The van der Waals surface area contributed by atoms with E-state index in [1.54, 1.807) is 19.3 Å². The van der Waals surface area contributed by atoms with Gasteiger partial charge in [0.25, 0.3) is 0 Å². The number of aryl methyl sites for hydroxylation is 1. The Hall–Kier alpha value is -1.36. The molecule has 0 amide bonds. The van der Waals surface area contributed by atoms with Gasteiger partial charge in [-0.1, -0.05) is 5.92 Å². The molecular weight excluding hydrogens is 124 g/mol. The second kappa shape index (κ2) is 2.98. The van der Waals surface area contributed by atoms with Gasteiger partial charge in [0.05, 0.1) is 11.9 Å². The van der Waals surface area contributed by atoms with Crippen LogP contribution in [0.4, 0.5) is 0 Å². The lowest BCUT2D eigenvalue weighted by Crippen LogP contribution is -1.87. The summed E-state index contributed by atoms with van der Waals surface area (Å²) in [5.41, 5.74) is 1.64. The molecule has 0 aliphatic carbocycles. The van der Waals surface area contributed by atoms with E-state index in [4.69, 9.17) is 0 Å². The highest BCUT2D eigenvalue weighted by Crippen LogP contribution is 1.90. The SMILES string of the molecule is CC#Cc1cncc(C)n1. The van der Waals surface area contributed by atoms with Crippen molar-refractivity contribution in [2.45, 2.75) is 13.8 Å². The average Bonchev–Trinajstić information content (AvgIpc) is 1.88. The predicted molar refractivity (Wildman–Crippen MR) is 39.3 cm³/mol. The topological polar surface area (TPSA) is 25.8 Å². The van der Waals surface area contributed by atoms with Crippen LogP contribution < -0.4 is 0 Å². The molecule has 0 saturated carbocycles. The second-order valence-electron chi connectivity index (χ2n) is 1.92. The molecule has 0 fully saturated rings. The first-order chi connectivity index (χ1) is 4.83. The van der Waals surface area contributed by atoms with E-state index in [0.29, 0.717) is 0 Å². The van der Waals surface area contributed by atoms with E-state index in [1.165, 1.54) is 0 Å². The molecule has 0 unspecified atom stereocenters. The molecule has 1 aromatic rings. The summed E-state index contributed by atoms with van der Waals surface area (Å²) in [5, 5.41) is 0. The van der Waals surface area contributed by atoms with Crippen LogP contribution in [-0.2, 0) is 0 Å². The van der Waals surface area contributed by atoms with E-state index in [2.05, 4.69) is 21.8 Å². The molecule has 10 heavy (non-hydrogen) atoms. The summed E-state index contributed by atoms with van der Waals surface area (Å²) in [5.74, 6) is 5.58. The van der Waals surface area contributed by atoms with E-state index in [1.807, 2.05) is 6.92 Å². The quantitative estimate of drug-likeness (QED) is 0.495.